The van der Waals surface area contributed by atoms with Crippen LogP contribution in [0.3, 0.4) is 0 Å². The fourth-order valence-corrected chi connectivity index (χ4v) is 2.87. The normalized spacial score (nSPS) is 17.2. The van der Waals surface area contributed by atoms with Gasteiger partial charge in [-0.1, -0.05) is 31.8 Å². The first-order valence-electron chi connectivity index (χ1n) is 8.46. The molecule has 2 heterocycles. The maximum absolute atomic E-state index is 12.7. The number of aromatic nitrogens is 1. The molecule has 0 saturated carbocycles. The molecule has 134 valence electrons. The van der Waals surface area contributed by atoms with Crippen molar-refractivity contribution in [2.45, 2.75) is 45.1 Å². The highest BCUT2D eigenvalue weighted by Gasteiger charge is 2.37. The van der Waals surface area contributed by atoms with E-state index in [1.807, 2.05) is 20.8 Å². The number of nitrogens with one attached hydrogen (secondary N) is 1. The van der Waals surface area contributed by atoms with E-state index in [-0.39, 0.29) is 17.2 Å². The van der Waals surface area contributed by atoms with Gasteiger partial charge in [0.05, 0.1) is 0 Å². The van der Waals surface area contributed by atoms with E-state index < -0.39 is 6.04 Å². The van der Waals surface area contributed by atoms with Crippen LogP contribution in [0.2, 0.25) is 0 Å². The van der Waals surface area contributed by atoms with Crippen LogP contribution in [0.1, 0.15) is 44.9 Å². The highest BCUT2D eigenvalue weighted by Crippen LogP contribution is 2.29. The van der Waals surface area contributed by atoms with Crippen molar-refractivity contribution in [2.75, 3.05) is 10.2 Å². The second-order valence-corrected chi connectivity index (χ2v) is 7.33. The molecule has 0 radical (unpaired) electrons. The third-order valence-corrected chi connectivity index (χ3v) is 4.33. The minimum Gasteiger partial charge on any atom is -0.359 e. The Kier molecular flexibility index (Phi) is 4.56. The van der Waals surface area contributed by atoms with Gasteiger partial charge >= 0.3 is 0 Å². The van der Waals surface area contributed by atoms with Gasteiger partial charge in [0.2, 0.25) is 11.8 Å². The SMILES string of the molecule is C#Cc1ccc(N2C(=O)CC[C@H]2C(=O)Nc2cc(C(C)(C)C)on2)cc1. The molecule has 1 aromatic carbocycles. The fourth-order valence-electron chi connectivity index (χ4n) is 2.87. The summed E-state index contributed by atoms with van der Waals surface area (Å²) in [5.41, 5.74) is 1.17. The molecular weight excluding hydrogens is 330 g/mol. The van der Waals surface area contributed by atoms with Crippen LogP contribution in [0.5, 0.6) is 0 Å². The number of benzene rings is 1. The van der Waals surface area contributed by atoms with E-state index in [0.29, 0.717) is 30.1 Å². The Balaban J connectivity index is 1.78. The molecule has 1 fully saturated rings. The predicted octanol–water partition coefficient (Wildman–Crippen LogP) is 3.09. The third-order valence-electron chi connectivity index (χ3n) is 4.33. The molecule has 1 aliphatic rings. The molecule has 3 rings (SSSR count). The van der Waals surface area contributed by atoms with Gasteiger partial charge in [-0.3, -0.25) is 14.5 Å². The summed E-state index contributed by atoms with van der Waals surface area (Å²) in [6, 6.07) is 8.14. The maximum Gasteiger partial charge on any atom is 0.248 e. The van der Waals surface area contributed by atoms with Crippen LogP contribution in [0.15, 0.2) is 34.9 Å². The Bertz CT molecular complexity index is 869. The van der Waals surface area contributed by atoms with E-state index in [2.05, 4.69) is 16.4 Å². The minimum absolute atomic E-state index is 0.0888. The lowest BCUT2D eigenvalue weighted by Gasteiger charge is -2.23. The van der Waals surface area contributed by atoms with Crippen LogP contribution >= 0.6 is 0 Å². The molecule has 0 unspecified atom stereocenters. The van der Waals surface area contributed by atoms with Crippen molar-refractivity contribution in [1.82, 2.24) is 5.16 Å². The molecule has 1 saturated heterocycles. The average molecular weight is 351 g/mol. The van der Waals surface area contributed by atoms with Gasteiger partial charge in [-0.2, -0.15) is 0 Å². The second kappa shape index (κ2) is 6.68. The fraction of sp³-hybridized carbons (Fsp3) is 0.350. The Morgan fingerprint density at radius 1 is 1.35 bits per heavy atom. The highest BCUT2D eigenvalue weighted by atomic mass is 16.5. The predicted molar refractivity (Wildman–Crippen MR) is 98.7 cm³/mol. The van der Waals surface area contributed by atoms with Crippen molar-refractivity contribution in [3.63, 3.8) is 0 Å². The lowest BCUT2D eigenvalue weighted by atomic mass is 9.93. The van der Waals surface area contributed by atoms with Gasteiger partial charge in [0, 0.05) is 29.2 Å². The van der Waals surface area contributed by atoms with Crippen LogP contribution in [-0.2, 0) is 15.0 Å². The van der Waals surface area contributed by atoms with Crippen molar-refractivity contribution in [2.24, 2.45) is 0 Å². The molecule has 6 nitrogen and oxygen atoms in total. The first-order valence-corrected chi connectivity index (χ1v) is 8.46. The quantitative estimate of drug-likeness (QED) is 0.862. The van der Waals surface area contributed by atoms with E-state index in [0.717, 1.165) is 5.56 Å². The Morgan fingerprint density at radius 3 is 2.62 bits per heavy atom. The van der Waals surface area contributed by atoms with Gasteiger partial charge < -0.3 is 9.84 Å². The number of hydrogen-bond donors (Lipinski definition) is 1. The van der Waals surface area contributed by atoms with Gasteiger partial charge in [-0.25, -0.2) is 0 Å². The zero-order chi connectivity index (χ0) is 18.9. The van der Waals surface area contributed by atoms with Crippen LogP contribution in [-0.4, -0.2) is 23.0 Å². The van der Waals surface area contributed by atoms with Crippen LogP contribution < -0.4 is 10.2 Å². The van der Waals surface area contributed by atoms with Gasteiger partial charge in [0.15, 0.2) is 5.82 Å². The number of hydrogen-bond acceptors (Lipinski definition) is 4. The standard InChI is InChI=1S/C20H21N3O3/c1-5-13-6-8-14(9-7-13)23-15(10-11-18(23)24)19(25)21-17-12-16(26-22-17)20(2,3)4/h1,6-9,12,15H,10-11H2,2-4H3,(H,21,22,25)/t15-/m0/s1. The molecular formula is C20H21N3O3. The van der Waals surface area contributed by atoms with Crippen molar-refractivity contribution in [1.29, 1.82) is 0 Å². The van der Waals surface area contributed by atoms with E-state index in [1.54, 1.807) is 30.3 Å². The molecule has 1 aliphatic heterocycles. The zero-order valence-electron chi connectivity index (χ0n) is 15.1. The van der Waals surface area contributed by atoms with Crippen molar-refractivity contribution >= 4 is 23.3 Å². The van der Waals surface area contributed by atoms with Gasteiger partial charge in [-0.15, -0.1) is 6.42 Å². The largest absolute Gasteiger partial charge is 0.359 e. The summed E-state index contributed by atoms with van der Waals surface area (Å²) in [7, 11) is 0. The lowest BCUT2D eigenvalue weighted by Crippen LogP contribution is -2.41. The summed E-state index contributed by atoms with van der Waals surface area (Å²) in [5, 5.41) is 6.65. The summed E-state index contributed by atoms with van der Waals surface area (Å²) in [5.74, 6) is 3.19. The first-order chi connectivity index (χ1) is 12.3. The van der Waals surface area contributed by atoms with Crippen LogP contribution in [0, 0.1) is 12.3 Å². The Hall–Kier alpha value is -3.07. The zero-order valence-corrected chi connectivity index (χ0v) is 15.1. The molecule has 26 heavy (non-hydrogen) atoms. The van der Waals surface area contributed by atoms with Crippen LogP contribution in [0.25, 0.3) is 0 Å². The van der Waals surface area contributed by atoms with Crippen molar-refractivity contribution < 1.29 is 14.1 Å². The Labute approximate surface area is 152 Å². The summed E-state index contributed by atoms with van der Waals surface area (Å²) in [6.45, 7) is 5.99. The summed E-state index contributed by atoms with van der Waals surface area (Å²) in [4.78, 5) is 26.5. The molecule has 0 spiro atoms. The number of amides is 2. The molecule has 1 atom stereocenters. The van der Waals surface area contributed by atoms with Crippen molar-refractivity contribution in [3.8, 4) is 12.3 Å². The smallest absolute Gasteiger partial charge is 0.248 e. The number of anilines is 2. The van der Waals surface area contributed by atoms with Crippen LogP contribution in [0.4, 0.5) is 11.5 Å². The van der Waals surface area contributed by atoms with Gasteiger partial charge in [0.25, 0.3) is 0 Å². The summed E-state index contributed by atoms with van der Waals surface area (Å²) in [6.07, 6.45) is 6.13. The molecule has 0 aliphatic carbocycles. The van der Waals surface area contributed by atoms with E-state index in [1.165, 1.54) is 4.90 Å². The lowest BCUT2D eigenvalue weighted by molar-refractivity contribution is -0.120. The van der Waals surface area contributed by atoms with Gasteiger partial charge in [-0.05, 0) is 30.7 Å². The minimum atomic E-state index is -0.589. The number of carbonyl (C=O) groups is 2. The highest BCUT2D eigenvalue weighted by molar-refractivity contribution is 6.07. The van der Waals surface area contributed by atoms with Gasteiger partial charge in [0.1, 0.15) is 11.8 Å². The first kappa shape index (κ1) is 17.7. The average Bonchev–Trinajstić information content (AvgIpc) is 3.21. The third kappa shape index (κ3) is 3.47. The maximum atomic E-state index is 12.7. The molecule has 1 N–H and O–H groups in total. The summed E-state index contributed by atoms with van der Waals surface area (Å²) >= 11 is 0. The van der Waals surface area contributed by atoms with E-state index >= 15 is 0 Å². The monoisotopic (exact) mass is 351 g/mol. The molecule has 1 aromatic heterocycles. The number of carbonyl (C=O) groups excluding carboxylic acids is 2. The number of rotatable bonds is 3. The second-order valence-electron chi connectivity index (χ2n) is 7.33. The van der Waals surface area contributed by atoms with E-state index in [4.69, 9.17) is 10.9 Å². The molecule has 2 aromatic rings. The topological polar surface area (TPSA) is 75.4 Å². The molecule has 2 amide bonds. The number of nitrogens with zero attached hydrogens (tertiary/aromatic N) is 2. The Morgan fingerprint density at radius 2 is 2.04 bits per heavy atom. The number of terminal acetylenes is 1. The van der Waals surface area contributed by atoms with E-state index in [9.17, 15) is 9.59 Å². The molecule has 6 heteroatoms. The summed E-state index contributed by atoms with van der Waals surface area (Å²) < 4.78 is 5.29. The molecule has 0 bridgehead atoms. The van der Waals surface area contributed by atoms with Crippen molar-refractivity contribution in [3.05, 3.63) is 41.7 Å².